The Morgan fingerprint density at radius 3 is 2.67 bits per heavy atom. The van der Waals surface area contributed by atoms with Gasteiger partial charge in [-0.1, -0.05) is 6.92 Å². The van der Waals surface area contributed by atoms with E-state index in [1.807, 2.05) is 6.92 Å². The van der Waals surface area contributed by atoms with Crippen LogP contribution in [0.4, 0.5) is 9.18 Å². The van der Waals surface area contributed by atoms with E-state index in [1.165, 1.54) is 13.2 Å². The lowest BCUT2D eigenvalue weighted by molar-refractivity contribution is -0.904. The van der Waals surface area contributed by atoms with Crippen molar-refractivity contribution in [1.82, 2.24) is 15.8 Å². The molecule has 1 atom stereocenters. The van der Waals surface area contributed by atoms with Crippen molar-refractivity contribution in [2.24, 2.45) is 5.92 Å². The average molecular weight is 421 g/mol. The SMILES string of the molecule is CC[NH+](CC(=O)NN1C(=O)NC2(CCC(C)CC2)C1=O)Cc1ccc(OC)c(F)c1. The number of rotatable bonds is 7. The van der Waals surface area contributed by atoms with E-state index in [-0.39, 0.29) is 18.2 Å². The summed E-state index contributed by atoms with van der Waals surface area (Å²) in [4.78, 5) is 38.6. The Morgan fingerprint density at radius 1 is 1.37 bits per heavy atom. The minimum absolute atomic E-state index is 0.0469. The minimum Gasteiger partial charge on any atom is -0.494 e. The normalized spacial score (nSPS) is 24.7. The Hall–Kier alpha value is -2.68. The molecular formula is C21H30FN4O4+. The maximum Gasteiger partial charge on any atom is 0.344 e. The lowest BCUT2D eigenvalue weighted by Gasteiger charge is -2.33. The third kappa shape index (κ3) is 4.56. The fraction of sp³-hybridized carbons (Fsp3) is 0.571. The summed E-state index contributed by atoms with van der Waals surface area (Å²) < 4.78 is 18.8. The van der Waals surface area contributed by atoms with Gasteiger partial charge in [-0.15, -0.1) is 0 Å². The van der Waals surface area contributed by atoms with Gasteiger partial charge in [0.05, 0.1) is 13.7 Å². The Bertz CT molecular complexity index is 823. The van der Waals surface area contributed by atoms with E-state index < -0.39 is 23.3 Å². The first-order valence-corrected chi connectivity index (χ1v) is 10.4. The Kier molecular flexibility index (Phi) is 6.60. The molecule has 2 aliphatic rings. The molecule has 8 nitrogen and oxygen atoms in total. The summed E-state index contributed by atoms with van der Waals surface area (Å²) in [6.45, 7) is 5.12. The number of imide groups is 1. The van der Waals surface area contributed by atoms with Crippen LogP contribution in [0.5, 0.6) is 5.75 Å². The molecular weight excluding hydrogens is 391 g/mol. The van der Waals surface area contributed by atoms with Crippen LogP contribution in [0.25, 0.3) is 0 Å². The third-order valence-corrected chi connectivity index (χ3v) is 6.11. The molecule has 1 spiro atoms. The lowest BCUT2D eigenvalue weighted by Crippen LogP contribution is -3.11. The molecule has 1 aliphatic heterocycles. The summed E-state index contributed by atoms with van der Waals surface area (Å²) in [6.07, 6.45) is 2.89. The molecule has 164 valence electrons. The number of carbonyl (C=O) groups is 3. The number of quaternary nitrogens is 1. The van der Waals surface area contributed by atoms with Crippen molar-refractivity contribution in [1.29, 1.82) is 0 Å². The quantitative estimate of drug-likeness (QED) is 0.567. The second-order valence-electron chi connectivity index (χ2n) is 8.30. The molecule has 1 aromatic carbocycles. The Balaban J connectivity index is 1.59. The van der Waals surface area contributed by atoms with E-state index in [9.17, 15) is 18.8 Å². The van der Waals surface area contributed by atoms with Gasteiger partial charge in [0.25, 0.3) is 11.8 Å². The van der Waals surface area contributed by atoms with Crippen molar-refractivity contribution in [3.8, 4) is 5.75 Å². The number of methoxy groups -OCH3 is 1. The van der Waals surface area contributed by atoms with Crippen molar-refractivity contribution < 1.29 is 28.4 Å². The van der Waals surface area contributed by atoms with Gasteiger partial charge in [-0.05, 0) is 56.7 Å². The largest absolute Gasteiger partial charge is 0.494 e. The monoisotopic (exact) mass is 421 g/mol. The van der Waals surface area contributed by atoms with Gasteiger partial charge in [0.2, 0.25) is 0 Å². The van der Waals surface area contributed by atoms with Gasteiger partial charge < -0.3 is 15.0 Å². The topological polar surface area (TPSA) is 92.2 Å². The number of benzene rings is 1. The molecule has 0 aromatic heterocycles. The smallest absolute Gasteiger partial charge is 0.344 e. The lowest BCUT2D eigenvalue weighted by atomic mass is 9.77. The number of amides is 4. The van der Waals surface area contributed by atoms with E-state index >= 15 is 0 Å². The number of hydrazine groups is 1. The highest BCUT2D eigenvalue weighted by atomic mass is 19.1. The summed E-state index contributed by atoms with van der Waals surface area (Å²) in [5.74, 6) is -0.595. The molecule has 9 heteroatoms. The standard InChI is InChI=1S/C21H29FN4O4/c1-4-25(12-15-5-6-17(30-3)16(22)11-15)13-18(27)24-26-19(28)21(23-20(26)29)9-7-14(2)8-10-21/h5-6,11,14H,4,7-10,12-13H2,1-3H3,(H,23,29)(H,24,27)/p+1. The first-order valence-electron chi connectivity index (χ1n) is 10.4. The number of ether oxygens (including phenoxy) is 1. The summed E-state index contributed by atoms with van der Waals surface area (Å²) in [7, 11) is 1.40. The van der Waals surface area contributed by atoms with Crippen LogP contribution >= 0.6 is 0 Å². The number of halogens is 1. The zero-order valence-corrected chi connectivity index (χ0v) is 17.7. The van der Waals surface area contributed by atoms with Gasteiger partial charge in [0.15, 0.2) is 18.1 Å². The van der Waals surface area contributed by atoms with Gasteiger partial charge in [-0.25, -0.2) is 9.18 Å². The molecule has 30 heavy (non-hydrogen) atoms. The van der Waals surface area contributed by atoms with E-state index in [0.29, 0.717) is 31.8 Å². The zero-order valence-electron chi connectivity index (χ0n) is 17.7. The first-order chi connectivity index (χ1) is 14.3. The van der Waals surface area contributed by atoms with E-state index in [4.69, 9.17) is 4.74 Å². The first kappa shape index (κ1) is 22.0. The van der Waals surface area contributed by atoms with Crippen LogP contribution in [0.3, 0.4) is 0 Å². The van der Waals surface area contributed by atoms with Gasteiger partial charge in [0.1, 0.15) is 12.1 Å². The molecule has 0 radical (unpaired) electrons. The van der Waals surface area contributed by atoms with Crippen molar-refractivity contribution in [2.45, 2.75) is 51.6 Å². The van der Waals surface area contributed by atoms with Gasteiger partial charge in [-0.2, -0.15) is 5.01 Å². The van der Waals surface area contributed by atoms with E-state index in [0.717, 1.165) is 28.3 Å². The maximum atomic E-state index is 13.9. The number of likely N-dealkylation sites (N-methyl/N-ethyl adjacent to an activating group) is 1. The van der Waals surface area contributed by atoms with Gasteiger partial charge in [-0.3, -0.25) is 15.0 Å². The third-order valence-electron chi connectivity index (χ3n) is 6.11. The van der Waals surface area contributed by atoms with Gasteiger partial charge >= 0.3 is 6.03 Å². The van der Waals surface area contributed by atoms with E-state index in [2.05, 4.69) is 17.7 Å². The van der Waals surface area contributed by atoms with Crippen molar-refractivity contribution in [3.05, 3.63) is 29.6 Å². The van der Waals surface area contributed by atoms with E-state index in [1.54, 1.807) is 12.1 Å². The molecule has 3 rings (SSSR count). The summed E-state index contributed by atoms with van der Waals surface area (Å²) in [6, 6.07) is 4.10. The highest BCUT2D eigenvalue weighted by Gasteiger charge is 2.53. The number of urea groups is 1. The number of nitrogens with zero attached hydrogens (tertiary/aromatic N) is 1. The molecule has 1 aromatic rings. The number of hydrogen-bond acceptors (Lipinski definition) is 4. The number of nitrogens with one attached hydrogen (secondary N) is 3. The van der Waals surface area contributed by atoms with Crippen LogP contribution in [0.1, 0.15) is 45.1 Å². The van der Waals surface area contributed by atoms with Crippen LogP contribution in [-0.4, -0.2) is 48.6 Å². The van der Waals surface area contributed by atoms with Crippen molar-refractivity contribution in [3.63, 3.8) is 0 Å². The molecule has 0 bridgehead atoms. The second-order valence-corrected chi connectivity index (χ2v) is 8.30. The van der Waals surface area contributed by atoms with Crippen molar-refractivity contribution >= 4 is 17.8 Å². The maximum absolute atomic E-state index is 13.9. The predicted octanol–water partition coefficient (Wildman–Crippen LogP) is 0.771. The molecule has 4 amide bonds. The zero-order chi connectivity index (χ0) is 21.9. The van der Waals surface area contributed by atoms with Crippen LogP contribution in [0, 0.1) is 11.7 Å². The molecule has 1 unspecified atom stereocenters. The highest BCUT2D eigenvalue weighted by Crippen LogP contribution is 2.35. The molecule has 1 heterocycles. The molecule has 1 aliphatic carbocycles. The number of hydrogen-bond donors (Lipinski definition) is 3. The fourth-order valence-corrected chi connectivity index (χ4v) is 4.13. The highest BCUT2D eigenvalue weighted by molar-refractivity contribution is 6.08. The van der Waals surface area contributed by atoms with Crippen LogP contribution in [0.15, 0.2) is 18.2 Å². The van der Waals surface area contributed by atoms with Crippen LogP contribution in [-0.2, 0) is 16.1 Å². The summed E-state index contributed by atoms with van der Waals surface area (Å²) in [5.41, 5.74) is 2.29. The molecule has 1 saturated heterocycles. The van der Waals surface area contributed by atoms with Crippen LogP contribution < -0.4 is 20.4 Å². The van der Waals surface area contributed by atoms with Crippen molar-refractivity contribution in [2.75, 3.05) is 20.2 Å². The summed E-state index contributed by atoms with van der Waals surface area (Å²) >= 11 is 0. The molecule has 2 fully saturated rings. The molecule has 3 N–H and O–H groups in total. The second kappa shape index (κ2) is 8.99. The number of carbonyl (C=O) groups excluding carboxylic acids is 3. The fourth-order valence-electron chi connectivity index (χ4n) is 4.13. The average Bonchev–Trinajstić information content (AvgIpc) is 2.94. The summed E-state index contributed by atoms with van der Waals surface area (Å²) in [5, 5.41) is 3.60. The predicted molar refractivity (Wildman–Crippen MR) is 107 cm³/mol. The minimum atomic E-state index is -0.894. The Labute approximate surface area is 175 Å². The molecule has 1 saturated carbocycles. The Morgan fingerprint density at radius 2 is 2.07 bits per heavy atom. The van der Waals surface area contributed by atoms with Gasteiger partial charge in [0, 0.05) is 5.56 Å². The van der Waals surface area contributed by atoms with Crippen LogP contribution in [0.2, 0.25) is 0 Å².